The Bertz CT molecular complexity index is 1120. The normalized spacial score (nSPS) is 12.1. The van der Waals surface area contributed by atoms with E-state index in [2.05, 4.69) is 47.2 Å². The average Bonchev–Trinajstić information content (AvgIpc) is 2.70. The lowest BCUT2D eigenvalue weighted by atomic mass is 10.1. The first-order valence-electron chi connectivity index (χ1n) is 9.66. The van der Waals surface area contributed by atoms with Crippen LogP contribution >= 0.6 is 31.9 Å². The topological polar surface area (TPSA) is 111 Å². The zero-order chi connectivity index (χ0) is 24.8. The molecule has 0 aliphatic heterocycles. The van der Waals surface area contributed by atoms with E-state index < -0.39 is 33.6 Å². The zero-order valence-electron chi connectivity index (χ0n) is 18.1. The quantitative estimate of drug-likeness (QED) is 0.382. The maximum atomic E-state index is 13.9. The Morgan fingerprint density at radius 2 is 1.76 bits per heavy atom. The summed E-state index contributed by atoms with van der Waals surface area (Å²) in [5.41, 5.74) is 1.50. The van der Waals surface area contributed by atoms with Gasteiger partial charge < -0.3 is 20.1 Å². The van der Waals surface area contributed by atoms with Crippen LogP contribution < -0.4 is 15.4 Å². The molecule has 1 atom stereocenters. The fourth-order valence-electron chi connectivity index (χ4n) is 2.82. The molecule has 1 unspecified atom stereocenters. The van der Waals surface area contributed by atoms with E-state index in [1.807, 2.05) is 6.92 Å². The van der Waals surface area contributed by atoms with Gasteiger partial charge in [0.05, 0.1) is 27.4 Å². The monoisotopic (exact) mass is 608 g/mol. The SMILES string of the molecule is CCNc1cc(Oc2c(Br)cc(CC(F)C(=O)OC)cc2Br)ccc1NC(=O)CS(C)(=O)=O. The van der Waals surface area contributed by atoms with E-state index in [0.29, 0.717) is 43.9 Å². The fourth-order valence-corrected chi connectivity index (χ4v) is 4.81. The van der Waals surface area contributed by atoms with Crippen LogP contribution in [0.25, 0.3) is 0 Å². The predicted octanol–water partition coefficient (Wildman–Crippen LogP) is 4.47. The third-order valence-electron chi connectivity index (χ3n) is 4.18. The van der Waals surface area contributed by atoms with Crippen molar-refractivity contribution in [3.05, 3.63) is 44.8 Å². The standard InChI is InChI=1S/C21H23Br2FN2O6S/c1-4-25-18-10-13(5-6-17(18)26-19(27)11-33(3,29)30)32-20-14(22)7-12(8-15(20)23)9-16(24)21(28)31-2/h5-8,10,16,25H,4,9,11H2,1-3H3,(H,26,27). The van der Waals surface area contributed by atoms with Crippen molar-refractivity contribution >= 4 is 64.9 Å². The van der Waals surface area contributed by atoms with Crippen molar-refractivity contribution in [1.29, 1.82) is 0 Å². The van der Waals surface area contributed by atoms with E-state index in [1.165, 1.54) is 0 Å². The minimum atomic E-state index is -3.46. The molecule has 0 radical (unpaired) electrons. The van der Waals surface area contributed by atoms with Crippen LogP contribution in [-0.4, -0.2) is 52.1 Å². The fraction of sp³-hybridized carbons (Fsp3) is 0.333. The van der Waals surface area contributed by atoms with Crippen molar-refractivity contribution < 1.29 is 31.9 Å². The van der Waals surface area contributed by atoms with Gasteiger partial charge in [-0.3, -0.25) is 4.79 Å². The molecule has 0 aliphatic carbocycles. The first kappa shape index (κ1) is 27.1. The molecule has 0 saturated carbocycles. The molecular weight excluding hydrogens is 587 g/mol. The molecular formula is C21H23Br2FN2O6S. The number of nitrogens with one attached hydrogen (secondary N) is 2. The highest BCUT2D eigenvalue weighted by atomic mass is 79.9. The lowest BCUT2D eigenvalue weighted by Gasteiger charge is -2.16. The summed E-state index contributed by atoms with van der Waals surface area (Å²) in [4.78, 5) is 23.3. The summed E-state index contributed by atoms with van der Waals surface area (Å²) in [5, 5.41) is 5.67. The molecule has 0 saturated heterocycles. The van der Waals surface area contributed by atoms with E-state index in [1.54, 1.807) is 30.3 Å². The molecule has 2 aromatic rings. The number of anilines is 2. The van der Waals surface area contributed by atoms with Gasteiger partial charge in [0.1, 0.15) is 11.5 Å². The molecule has 0 spiro atoms. The van der Waals surface area contributed by atoms with Gasteiger partial charge in [0, 0.05) is 25.3 Å². The number of hydrogen-bond donors (Lipinski definition) is 2. The third kappa shape index (κ3) is 8.27. The second-order valence-corrected chi connectivity index (χ2v) is 10.9. The van der Waals surface area contributed by atoms with E-state index in [9.17, 15) is 22.4 Å². The summed E-state index contributed by atoms with van der Waals surface area (Å²) in [5.74, 6) is -1.37. The van der Waals surface area contributed by atoms with Crippen molar-refractivity contribution in [3.63, 3.8) is 0 Å². The van der Waals surface area contributed by atoms with Crippen molar-refractivity contribution in [2.75, 3.05) is 36.3 Å². The van der Waals surface area contributed by atoms with E-state index >= 15 is 0 Å². The molecule has 33 heavy (non-hydrogen) atoms. The zero-order valence-corrected chi connectivity index (χ0v) is 22.1. The van der Waals surface area contributed by atoms with Crippen LogP contribution in [0, 0.1) is 0 Å². The van der Waals surface area contributed by atoms with Crippen LogP contribution in [0.3, 0.4) is 0 Å². The molecule has 0 bridgehead atoms. The molecule has 2 N–H and O–H groups in total. The summed E-state index contributed by atoms with van der Waals surface area (Å²) < 4.78 is 48.0. The highest BCUT2D eigenvalue weighted by Crippen LogP contribution is 2.39. The summed E-state index contributed by atoms with van der Waals surface area (Å²) in [6.45, 7) is 2.42. The number of carbonyl (C=O) groups excluding carboxylic acids is 2. The van der Waals surface area contributed by atoms with Gasteiger partial charge in [0.25, 0.3) is 0 Å². The van der Waals surface area contributed by atoms with Crippen LogP contribution in [0.5, 0.6) is 11.5 Å². The molecule has 2 aromatic carbocycles. The molecule has 12 heteroatoms. The Morgan fingerprint density at radius 3 is 2.30 bits per heavy atom. The first-order chi connectivity index (χ1) is 15.4. The number of rotatable bonds is 10. The molecule has 180 valence electrons. The van der Waals surface area contributed by atoms with E-state index in [0.717, 1.165) is 13.4 Å². The molecule has 8 nitrogen and oxygen atoms in total. The number of esters is 1. The molecule has 0 fully saturated rings. The Morgan fingerprint density at radius 1 is 1.12 bits per heavy atom. The van der Waals surface area contributed by atoms with Gasteiger partial charge in [-0.1, -0.05) is 0 Å². The highest BCUT2D eigenvalue weighted by molar-refractivity contribution is 9.11. The maximum absolute atomic E-state index is 13.9. The second-order valence-electron chi connectivity index (χ2n) is 7.04. The van der Waals surface area contributed by atoms with E-state index in [-0.39, 0.29) is 6.42 Å². The Labute approximate surface area is 208 Å². The Hall–Kier alpha value is -2.18. The molecule has 0 aliphatic rings. The third-order valence-corrected chi connectivity index (χ3v) is 6.14. The van der Waals surface area contributed by atoms with Crippen LogP contribution in [0.4, 0.5) is 15.8 Å². The number of benzene rings is 2. The first-order valence-corrected chi connectivity index (χ1v) is 13.3. The van der Waals surface area contributed by atoms with Gasteiger partial charge in [0.2, 0.25) is 12.1 Å². The van der Waals surface area contributed by atoms with Gasteiger partial charge in [-0.15, -0.1) is 0 Å². The number of ether oxygens (including phenoxy) is 2. The van der Waals surface area contributed by atoms with Crippen molar-refractivity contribution in [2.45, 2.75) is 19.5 Å². The van der Waals surface area contributed by atoms with Gasteiger partial charge in [-0.25, -0.2) is 17.6 Å². The van der Waals surface area contributed by atoms with Gasteiger partial charge in [-0.05, 0) is 68.6 Å². The number of alkyl halides is 1. The van der Waals surface area contributed by atoms with Gasteiger partial charge in [0.15, 0.2) is 15.6 Å². The van der Waals surface area contributed by atoms with Crippen LogP contribution in [-0.2, 0) is 30.6 Å². The molecule has 1 amide bonds. The number of halogens is 3. The second kappa shape index (κ2) is 11.8. The van der Waals surface area contributed by atoms with Crippen molar-refractivity contribution in [2.24, 2.45) is 0 Å². The minimum Gasteiger partial charge on any atom is -0.467 e. The summed E-state index contributed by atoms with van der Waals surface area (Å²) in [7, 11) is -2.33. The summed E-state index contributed by atoms with van der Waals surface area (Å²) >= 11 is 6.80. The number of amides is 1. The molecule has 0 aromatic heterocycles. The number of sulfone groups is 1. The lowest BCUT2D eigenvalue weighted by molar-refractivity contribution is -0.146. The molecule has 0 heterocycles. The maximum Gasteiger partial charge on any atom is 0.340 e. The van der Waals surface area contributed by atoms with Gasteiger partial charge in [-0.2, -0.15) is 0 Å². The average molecular weight is 610 g/mol. The minimum absolute atomic E-state index is 0.156. The summed E-state index contributed by atoms with van der Waals surface area (Å²) in [6, 6.07) is 8.13. The number of carbonyl (C=O) groups is 2. The number of methoxy groups -OCH3 is 1. The predicted molar refractivity (Wildman–Crippen MR) is 131 cm³/mol. The van der Waals surface area contributed by atoms with Crippen LogP contribution in [0.15, 0.2) is 39.3 Å². The van der Waals surface area contributed by atoms with Crippen molar-refractivity contribution in [3.8, 4) is 11.5 Å². The molecule has 2 rings (SSSR count). The Balaban J connectivity index is 2.25. The lowest BCUT2D eigenvalue weighted by Crippen LogP contribution is -2.22. The van der Waals surface area contributed by atoms with Gasteiger partial charge >= 0.3 is 5.97 Å². The Kier molecular flexibility index (Phi) is 9.68. The van der Waals surface area contributed by atoms with E-state index in [4.69, 9.17) is 4.74 Å². The summed E-state index contributed by atoms with van der Waals surface area (Å²) in [6.07, 6.45) is -0.955. The highest BCUT2D eigenvalue weighted by Gasteiger charge is 2.20. The van der Waals surface area contributed by atoms with Crippen LogP contribution in [0.1, 0.15) is 12.5 Å². The van der Waals surface area contributed by atoms with Crippen molar-refractivity contribution in [1.82, 2.24) is 0 Å². The smallest absolute Gasteiger partial charge is 0.340 e. The largest absolute Gasteiger partial charge is 0.467 e. The van der Waals surface area contributed by atoms with Crippen LogP contribution in [0.2, 0.25) is 0 Å². The number of hydrogen-bond acceptors (Lipinski definition) is 7.